The van der Waals surface area contributed by atoms with Gasteiger partial charge in [0.1, 0.15) is 0 Å². The van der Waals surface area contributed by atoms with Crippen molar-refractivity contribution in [3.05, 3.63) is 35.9 Å². The fourth-order valence-electron chi connectivity index (χ4n) is 2.09. The zero-order valence-corrected chi connectivity index (χ0v) is 10.9. The van der Waals surface area contributed by atoms with Gasteiger partial charge in [0.2, 0.25) is 0 Å². The van der Waals surface area contributed by atoms with Gasteiger partial charge in [0.25, 0.3) is 0 Å². The Morgan fingerprint density at radius 2 is 2.22 bits per heavy atom. The van der Waals surface area contributed by atoms with E-state index in [-0.39, 0.29) is 0 Å². The lowest BCUT2D eigenvalue weighted by Crippen LogP contribution is -2.44. The summed E-state index contributed by atoms with van der Waals surface area (Å²) in [5, 5.41) is 0. The first-order valence-corrected chi connectivity index (χ1v) is 6.45. The molecule has 1 aromatic carbocycles. The topological polar surface area (TPSA) is 50.9 Å². The van der Waals surface area contributed by atoms with Crippen LogP contribution in [0.2, 0.25) is 0 Å². The van der Waals surface area contributed by atoms with Crippen LogP contribution >= 0.6 is 0 Å². The third kappa shape index (κ3) is 3.47. The molecule has 0 saturated carbocycles. The van der Waals surface area contributed by atoms with Crippen LogP contribution in [0.5, 0.6) is 0 Å². The van der Waals surface area contributed by atoms with Gasteiger partial charge in [0.05, 0.1) is 19.2 Å². The predicted molar refractivity (Wildman–Crippen MR) is 73.4 cm³/mol. The third-order valence-corrected chi connectivity index (χ3v) is 3.14. The Morgan fingerprint density at radius 1 is 1.44 bits per heavy atom. The molecule has 0 radical (unpaired) electrons. The van der Waals surface area contributed by atoms with Gasteiger partial charge in [-0.25, -0.2) is 4.99 Å². The van der Waals surface area contributed by atoms with Crippen LogP contribution in [0.4, 0.5) is 0 Å². The first kappa shape index (κ1) is 12.9. The fraction of sp³-hybridized carbons (Fsp3) is 0.500. The normalized spacial score (nSPS) is 21.7. The Labute approximate surface area is 108 Å². The summed E-state index contributed by atoms with van der Waals surface area (Å²) in [4.78, 5) is 6.61. The quantitative estimate of drug-likeness (QED) is 0.638. The summed E-state index contributed by atoms with van der Waals surface area (Å²) >= 11 is 0. The van der Waals surface area contributed by atoms with E-state index in [1.807, 2.05) is 18.2 Å². The van der Waals surface area contributed by atoms with Gasteiger partial charge in [-0.05, 0) is 18.9 Å². The van der Waals surface area contributed by atoms with E-state index in [9.17, 15) is 0 Å². The van der Waals surface area contributed by atoms with Gasteiger partial charge >= 0.3 is 0 Å². The van der Waals surface area contributed by atoms with E-state index in [1.165, 1.54) is 5.56 Å². The average molecular weight is 247 g/mol. The summed E-state index contributed by atoms with van der Waals surface area (Å²) in [6.07, 6.45) is 1.01. The highest BCUT2D eigenvalue weighted by Gasteiger charge is 2.18. The maximum atomic E-state index is 6.08. The molecule has 1 fully saturated rings. The van der Waals surface area contributed by atoms with Crippen molar-refractivity contribution in [2.75, 3.05) is 19.8 Å². The van der Waals surface area contributed by atoms with Gasteiger partial charge in [-0.2, -0.15) is 0 Å². The van der Waals surface area contributed by atoms with Crippen LogP contribution in [0.3, 0.4) is 0 Å². The second-order valence-electron chi connectivity index (χ2n) is 4.63. The van der Waals surface area contributed by atoms with Crippen LogP contribution in [0.25, 0.3) is 0 Å². The second-order valence-corrected chi connectivity index (χ2v) is 4.63. The van der Waals surface area contributed by atoms with E-state index in [0.717, 1.165) is 26.2 Å². The van der Waals surface area contributed by atoms with Crippen molar-refractivity contribution in [1.29, 1.82) is 0 Å². The zero-order chi connectivity index (χ0) is 12.8. The van der Waals surface area contributed by atoms with Gasteiger partial charge in [0, 0.05) is 13.2 Å². The van der Waals surface area contributed by atoms with E-state index < -0.39 is 0 Å². The van der Waals surface area contributed by atoms with Gasteiger partial charge in [0.15, 0.2) is 5.96 Å². The van der Waals surface area contributed by atoms with Crippen molar-refractivity contribution >= 4 is 5.96 Å². The van der Waals surface area contributed by atoms with Crippen LogP contribution < -0.4 is 5.73 Å². The number of hydrogen-bond donors (Lipinski definition) is 1. The number of ether oxygens (including phenoxy) is 1. The number of hydrogen-bond acceptors (Lipinski definition) is 2. The minimum Gasteiger partial charge on any atom is -0.379 e. The number of nitrogens with two attached hydrogens (primary N) is 1. The molecular formula is C14H21N3O. The van der Waals surface area contributed by atoms with Crippen LogP contribution in [0.15, 0.2) is 35.3 Å². The highest BCUT2D eigenvalue weighted by atomic mass is 16.5. The first-order valence-electron chi connectivity index (χ1n) is 6.45. The van der Waals surface area contributed by atoms with Gasteiger partial charge in [-0.1, -0.05) is 30.3 Å². The van der Waals surface area contributed by atoms with Gasteiger partial charge < -0.3 is 15.4 Å². The molecule has 0 bridgehead atoms. The molecule has 1 heterocycles. The summed E-state index contributed by atoms with van der Waals surface area (Å²) < 4.78 is 5.50. The zero-order valence-electron chi connectivity index (χ0n) is 10.9. The molecule has 98 valence electrons. The fourth-order valence-corrected chi connectivity index (χ4v) is 2.09. The minimum absolute atomic E-state index is 0.298. The maximum Gasteiger partial charge on any atom is 0.191 e. The maximum absolute atomic E-state index is 6.08. The summed E-state index contributed by atoms with van der Waals surface area (Å²) in [6, 6.07) is 10.5. The SMILES string of the molecule is CC1COCCCN1C(N)=NCc1ccccc1. The van der Waals surface area contributed by atoms with Crippen molar-refractivity contribution in [3.8, 4) is 0 Å². The van der Waals surface area contributed by atoms with E-state index >= 15 is 0 Å². The Kier molecular flexibility index (Phi) is 4.59. The largest absolute Gasteiger partial charge is 0.379 e. The molecule has 1 saturated heterocycles. The molecule has 0 aromatic heterocycles. The van der Waals surface area contributed by atoms with Gasteiger partial charge in [-0.15, -0.1) is 0 Å². The molecule has 1 atom stereocenters. The Balaban J connectivity index is 1.98. The number of aliphatic imine (C=N–C) groups is 1. The molecule has 1 aliphatic rings. The molecule has 0 amide bonds. The van der Waals surface area contributed by atoms with E-state index in [4.69, 9.17) is 10.5 Å². The monoisotopic (exact) mass is 247 g/mol. The van der Waals surface area contributed by atoms with Crippen molar-refractivity contribution in [3.63, 3.8) is 0 Å². The van der Waals surface area contributed by atoms with Crippen LogP contribution in [0, 0.1) is 0 Å². The number of nitrogens with zero attached hydrogens (tertiary/aromatic N) is 2. The molecule has 1 unspecified atom stereocenters. The molecule has 1 aliphatic heterocycles. The Hall–Kier alpha value is -1.55. The van der Waals surface area contributed by atoms with Crippen molar-refractivity contribution in [1.82, 2.24) is 4.90 Å². The highest BCUT2D eigenvalue weighted by molar-refractivity contribution is 5.78. The summed E-state index contributed by atoms with van der Waals surface area (Å²) in [6.45, 7) is 5.21. The molecule has 2 N–H and O–H groups in total. The molecule has 4 nitrogen and oxygen atoms in total. The minimum atomic E-state index is 0.298. The van der Waals surface area contributed by atoms with E-state index in [0.29, 0.717) is 18.5 Å². The van der Waals surface area contributed by atoms with Crippen LogP contribution in [-0.2, 0) is 11.3 Å². The average Bonchev–Trinajstić information content (AvgIpc) is 2.62. The molecule has 0 spiro atoms. The van der Waals surface area contributed by atoms with Crippen LogP contribution in [0.1, 0.15) is 18.9 Å². The lowest BCUT2D eigenvalue weighted by molar-refractivity contribution is 0.124. The number of rotatable bonds is 2. The highest BCUT2D eigenvalue weighted by Crippen LogP contribution is 2.07. The molecular weight excluding hydrogens is 226 g/mol. The van der Waals surface area contributed by atoms with Gasteiger partial charge in [-0.3, -0.25) is 0 Å². The van der Waals surface area contributed by atoms with E-state index in [1.54, 1.807) is 0 Å². The predicted octanol–water partition coefficient (Wildman–Crippen LogP) is 1.61. The number of guanidine groups is 1. The smallest absolute Gasteiger partial charge is 0.191 e. The molecule has 4 heteroatoms. The van der Waals surface area contributed by atoms with Crippen molar-refractivity contribution in [2.45, 2.75) is 25.9 Å². The number of benzene rings is 1. The lowest BCUT2D eigenvalue weighted by atomic mass is 10.2. The first-order chi connectivity index (χ1) is 8.77. The summed E-state index contributed by atoms with van der Waals surface area (Å²) in [7, 11) is 0. The molecule has 2 rings (SSSR count). The van der Waals surface area contributed by atoms with Crippen molar-refractivity contribution in [2.24, 2.45) is 10.7 Å². The lowest BCUT2D eigenvalue weighted by Gasteiger charge is -2.27. The summed E-state index contributed by atoms with van der Waals surface area (Å²) in [5.74, 6) is 0.622. The Morgan fingerprint density at radius 3 is 3.00 bits per heavy atom. The summed E-state index contributed by atoms with van der Waals surface area (Å²) in [5.41, 5.74) is 7.26. The molecule has 1 aromatic rings. The van der Waals surface area contributed by atoms with Crippen molar-refractivity contribution < 1.29 is 4.74 Å². The standard InChI is InChI=1S/C14H21N3O/c1-12-11-18-9-5-8-17(12)14(15)16-10-13-6-3-2-4-7-13/h2-4,6-7,12H,5,8-11H2,1H3,(H2,15,16). The van der Waals surface area contributed by atoms with Crippen LogP contribution in [-0.4, -0.2) is 36.7 Å². The molecule has 0 aliphatic carbocycles. The molecule has 18 heavy (non-hydrogen) atoms. The second kappa shape index (κ2) is 6.40. The third-order valence-electron chi connectivity index (χ3n) is 3.14. The Bertz CT molecular complexity index is 391. The van der Waals surface area contributed by atoms with E-state index in [2.05, 4.69) is 28.9 Å².